The highest BCUT2D eigenvalue weighted by molar-refractivity contribution is 7.92. The monoisotopic (exact) mass is 408 g/mol. The van der Waals surface area contributed by atoms with Crippen molar-refractivity contribution in [1.29, 1.82) is 0 Å². The van der Waals surface area contributed by atoms with Crippen molar-refractivity contribution in [3.05, 3.63) is 90.5 Å². The van der Waals surface area contributed by atoms with Gasteiger partial charge in [-0.1, -0.05) is 62.4 Å². The average molecular weight is 409 g/mol. The van der Waals surface area contributed by atoms with Crippen LogP contribution in [0.25, 0.3) is 0 Å². The number of nitrogens with one attached hydrogen (secondary N) is 1. The van der Waals surface area contributed by atoms with E-state index in [1.54, 1.807) is 38.1 Å². The van der Waals surface area contributed by atoms with Crippen LogP contribution in [0.2, 0.25) is 0 Å². The smallest absolute Gasteiger partial charge is 0.264 e. The van der Waals surface area contributed by atoms with Gasteiger partial charge in [0.05, 0.1) is 17.1 Å². The fourth-order valence-electron chi connectivity index (χ4n) is 2.78. The first-order chi connectivity index (χ1) is 13.9. The summed E-state index contributed by atoms with van der Waals surface area (Å²) in [6.45, 7) is 3.82. The SMILES string of the molecule is CC(C)C(=O)Nc1ccc(S(=O)(=O)N(Cc2ccccc2)c2ccccc2)cc1. The van der Waals surface area contributed by atoms with Crippen LogP contribution in [0.5, 0.6) is 0 Å². The van der Waals surface area contributed by atoms with Gasteiger partial charge in [-0.3, -0.25) is 9.10 Å². The maximum atomic E-state index is 13.4. The van der Waals surface area contributed by atoms with Crippen LogP contribution < -0.4 is 9.62 Å². The number of carbonyl (C=O) groups is 1. The van der Waals surface area contributed by atoms with Gasteiger partial charge in [0.25, 0.3) is 10.0 Å². The lowest BCUT2D eigenvalue weighted by Crippen LogP contribution is -2.30. The first-order valence-electron chi connectivity index (χ1n) is 9.40. The van der Waals surface area contributed by atoms with E-state index in [1.807, 2.05) is 48.5 Å². The highest BCUT2D eigenvalue weighted by atomic mass is 32.2. The van der Waals surface area contributed by atoms with Crippen LogP contribution in [-0.4, -0.2) is 14.3 Å². The molecule has 5 nitrogen and oxygen atoms in total. The van der Waals surface area contributed by atoms with Crippen molar-refractivity contribution in [1.82, 2.24) is 0 Å². The number of anilines is 2. The molecule has 3 aromatic rings. The Bertz CT molecular complexity index is 1050. The van der Waals surface area contributed by atoms with E-state index in [1.165, 1.54) is 16.4 Å². The molecule has 0 radical (unpaired) electrons. The number of sulfonamides is 1. The van der Waals surface area contributed by atoms with Gasteiger partial charge in [-0.2, -0.15) is 0 Å². The highest BCUT2D eigenvalue weighted by Crippen LogP contribution is 2.26. The summed E-state index contributed by atoms with van der Waals surface area (Å²) in [6, 6.07) is 24.8. The van der Waals surface area contributed by atoms with Crippen molar-refractivity contribution in [2.24, 2.45) is 5.92 Å². The van der Waals surface area contributed by atoms with Gasteiger partial charge in [0.1, 0.15) is 0 Å². The predicted molar refractivity (Wildman–Crippen MR) is 116 cm³/mol. The summed E-state index contributed by atoms with van der Waals surface area (Å²) in [5.41, 5.74) is 2.05. The van der Waals surface area contributed by atoms with Crippen LogP contribution in [0.4, 0.5) is 11.4 Å². The van der Waals surface area contributed by atoms with E-state index in [0.717, 1.165) is 5.56 Å². The van der Waals surface area contributed by atoms with Gasteiger partial charge in [0.15, 0.2) is 0 Å². The molecule has 0 saturated heterocycles. The summed E-state index contributed by atoms with van der Waals surface area (Å²) in [5, 5.41) is 2.77. The van der Waals surface area contributed by atoms with Crippen molar-refractivity contribution >= 4 is 27.3 Å². The number of amides is 1. The maximum Gasteiger partial charge on any atom is 0.264 e. The molecule has 29 heavy (non-hydrogen) atoms. The summed E-state index contributed by atoms with van der Waals surface area (Å²) >= 11 is 0. The Hall–Kier alpha value is -3.12. The zero-order valence-corrected chi connectivity index (χ0v) is 17.3. The van der Waals surface area contributed by atoms with Crippen LogP contribution in [0.1, 0.15) is 19.4 Å². The second-order valence-electron chi connectivity index (χ2n) is 7.00. The van der Waals surface area contributed by atoms with Gasteiger partial charge in [0.2, 0.25) is 5.91 Å². The molecule has 3 rings (SSSR count). The second kappa shape index (κ2) is 8.92. The molecule has 0 spiro atoms. The fourth-order valence-corrected chi connectivity index (χ4v) is 4.24. The molecule has 0 atom stereocenters. The summed E-state index contributed by atoms with van der Waals surface area (Å²) in [5.74, 6) is -0.270. The molecule has 150 valence electrons. The molecule has 0 unspecified atom stereocenters. The van der Waals surface area contributed by atoms with Crippen molar-refractivity contribution < 1.29 is 13.2 Å². The van der Waals surface area contributed by atoms with Gasteiger partial charge >= 0.3 is 0 Å². The lowest BCUT2D eigenvalue weighted by Gasteiger charge is -2.25. The lowest BCUT2D eigenvalue weighted by molar-refractivity contribution is -0.118. The molecule has 1 amide bonds. The number of hydrogen-bond acceptors (Lipinski definition) is 3. The summed E-state index contributed by atoms with van der Waals surface area (Å²) in [6.07, 6.45) is 0. The molecule has 0 bridgehead atoms. The normalized spacial score (nSPS) is 11.3. The average Bonchev–Trinajstić information content (AvgIpc) is 2.73. The van der Waals surface area contributed by atoms with Gasteiger partial charge in [-0.25, -0.2) is 8.42 Å². The van der Waals surface area contributed by atoms with E-state index in [2.05, 4.69) is 5.32 Å². The zero-order valence-electron chi connectivity index (χ0n) is 16.4. The van der Waals surface area contributed by atoms with Crippen LogP contribution >= 0.6 is 0 Å². The molecule has 0 aromatic heterocycles. The van der Waals surface area contributed by atoms with Crippen LogP contribution in [0.3, 0.4) is 0 Å². The van der Waals surface area contributed by atoms with Gasteiger partial charge in [-0.15, -0.1) is 0 Å². The van der Waals surface area contributed by atoms with E-state index in [4.69, 9.17) is 0 Å². The van der Waals surface area contributed by atoms with E-state index in [0.29, 0.717) is 11.4 Å². The molecule has 0 fully saturated rings. The third-order valence-electron chi connectivity index (χ3n) is 4.45. The van der Waals surface area contributed by atoms with Crippen LogP contribution in [-0.2, 0) is 21.4 Å². The minimum atomic E-state index is -3.79. The Morgan fingerprint density at radius 3 is 1.97 bits per heavy atom. The first-order valence-corrected chi connectivity index (χ1v) is 10.8. The lowest BCUT2D eigenvalue weighted by atomic mass is 10.2. The second-order valence-corrected chi connectivity index (χ2v) is 8.86. The molecule has 3 aromatic carbocycles. The third kappa shape index (κ3) is 5.03. The summed E-state index contributed by atoms with van der Waals surface area (Å²) in [4.78, 5) is 12.0. The molecule has 6 heteroatoms. The Morgan fingerprint density at radius 2 is 1.41 bits per heavy atom. The Morgan fingerprint density at radius 1 is 0.862 bits per heavy atom. The van der Waals surface area contributed by atoms with Crippen LogP contribution in [0.15, 0.2) is 89.8 Å². The number of carbonyl (C=O) groups excluding carboxylic acids is 1. The molecule has 0 aliphatic carbocycles. The quantitative estimate of drug-likeness (QED) is 0.617. The molecule has 0 aliphatic rings. The fraction of sp³-hybridized carbons (Fsp3) is 0.174. The molecular formula is C23H24N2O3S. The van der Waals surface area contributed by atoms with Gasteiger partial charge in [-0.05, 0) is 42.0 Å². The molecule has 1 N–H and O–H groups in total. The van der Waals surface area contributed by atoms with Gasteiger partial charge in [0, 0.05) is 11.6 Å². The standard InChI is InChI=1S/C23H24N2O3S/c1-18(2)23(26)24-20-13-15-22(16-14-20)29(27,28)25(21-11-7-4-8-12-21)17-19-9-5-3-6-10-19/h3-16,18H,17H2,1-2H3,(H,24,26). The highest BCUT2D eigenvalue weighted by Gasteiger charge is 2.25. The first kappa shape index (κ1) is 20.6. The van der Waals surface area contributed by atoms with Crippen molar-refractivity contribution in [2.45, 2.75) is 25.3 Å². The topological polar surface area (TPSA) is 66.5 Å². The predicted octanol–water partition coefficient (Wildman–Crippen LogP) is 4.68. The van der Waals surface area contributed by atoms with Crippen molar-refractivity contribution in [3.63, 3.8) is 0 Å². The van der Waals surface area contributed by atoms with E-state index in [-0.39, 0.29) is 23.3 Å². The largest absolute Gasteiger partial charge is 0.326 e. The minimum absolute atomic E-state index is 0.115. The minimum Gasteiger partial charge on any atom is -0.326 e. The Kier molecular flexibility index (Phi) is 6.34. The van der Waals surface area contributed by atoms with E-state index in [9.17, 15) is 13.2 Å². The molecule has 0 saturated carbocycles. The van der Waals surface area contributed by atoms with Crippen LogP contribution in [0, 0.1) is 5.92 Å². The van der Waals surface area contributed by atoms with Crippen molar-refractivity contribution in [3.8, 4) is 0 Å². The number of benzene rings is 3. The number of nitrogens with zero attached hydrogens (tertiary/aromatic N) is 1. The molecular weight excluding hydrogens is 384 g/mol. The maximum absolute atomic E-state index is 13.4. The summed E-state index contributed by atoms with van der Waals surface area (Å²) in [7, 11) is -3.79. The van der Waals surface area contributed by atoms with E-state index < -0.39 is 10.0 Å². The Balaban J connectivity index is 1.93. The Labute approximate surface area is 172 Å². The third-order valence-corrected chi connectivity index (χ3v) is 6.24. The number of rotatable bonds is 7. The zero-order chi connectivity index (χ0) is 20.9. The number of hydrogen-bond donors (Lipinski definition) is 1. The molecule has 0 heterocycles. The van der Waals surface area contributed by atoms with E-state index >= 15 is 0 Å². The van der Waals surface area contributed by atoms with Gasteiger partial charge < -0.3 is 5.32 Å². The summed E-state index contributed by atoms with van der Waals surface area (Å²) < 4.78 is 28.2. The van der Waals surface area contributed by atoms with Crippen molar-refractivity contribution in [2.75, 3.05) is 9.62 Å². The molecule has 0 aliphatic heterocycles. The number of para-hydroxylation sites is 1.